The van der Waals surface area contributed by atoms with Crippen LogP contribution in [0.3, 0.4) is 0 Å². The Hall–Kier alpha value is -2.16. The lowest BCUT2D eigenvalue weighted by molar-refractivity contribution is -0.123. The molecule has 1 heterocycles. The second-order valence-electron chi connectivity index (χ2n) is 6.40. The summed E-state index contributed by atoms with van der Waals surface area (Å²) in [6.07, 6.45) is 2.24. The minimum Gasteiger partial charge on any atom is -0.344 e. The molecule has 0 saturated carbocycles. The summed E-state index contributed by atoms with van der Waals surface area (Å²) in [6, 6.07) is 15.5. The number of carbonyl (C=O) groups is 1. The van der Waals surface area contributed by atoms with Crippen LogP contribution in [0, 0.1) is 5.41 Å². The van der Waals surface area contributed by atoms with Crippen LogP contribution in [0.1, 0.15) is 44.5 Å². The highest BCUT2D eigenvalue weighted by Gasteiger charge is 2.21. The van der Waals surface area contributed by atoms with Gasteiger partial charge in [-0.05, 0) is 23.1 Å². The molecule has 1 N–H and O–H groups in total. The van der Waals surface area contributed by atoms with E-state index in [1.54, 1.807) is 6.20 Å². The molecule has 0 bridgehead atoms. The number of nitrogens with zero attached hydrogens (tertiary/aromatic N) is 1. The van der Waals surface area contributed by atoms with Crippen molar-refractivity contribution >= 4 is 5.91 Å². The van der Waals surface area contributed by atoms with Crippen LogP contribution < -0.4 is 5.32 Å². The first-order chi connectivity index (χ1) is 9.96. The minimum atomic E-state index is -0.206. The number of aromatic nitrogens is 1. The zero-order valence-electron chi connectivity index (χ0n) is 12.8. The summed E-state index contributed by atoms with van der Waals surface area (Å²) in [5.41, 5.74) is 1.86. The summed E-state index contributed by atoms with van der Waals surface area (Å²) >= 11 is 0. The highest BCUT2D eigenvalue weighted by Crippen LogP contribution is 2.23. The molecule has 1 aromatic carbocycles. The van der Waals surface area contributed by atoms with Crippen molar-refractivity contribution in [3.05, 3.63) is 66.0 Å². The van der Waals surface area contributed by atoms with Gasteiger partial charge in [-0.1, -0.05) is 57.2 Å². The van der Waals surface area contributed by atoms with Crippen molar-refractivity contribution in [2.45, 2.75) is 33.2 Å². The average Bonchev–Trinajstić information content (AvgIpc) is 2.45. The van der Waals surface area contributed by atoms with E-state index in [1.807, 2.05) is 48.5 Å². The van der Waals surface area contributed by atoms with E-state index in [0.29, 0.717) is 6.42 Å². The molecule has 0 aliphatic heterocycles. The highest BCUT2D eigenvalue weighted by atomic mass is 16.1. The van der Waals surface area contributed by atoms with E-state index in [-0.39, 0.29) is 17.4 Å². The minimum absolute atomic E-state index is 0.0323. The van der Waals surface area contributed by atoms with Gasteiger partial charge in [-0.2, -0.15) is 0 Å². The van der Waals surface area contributed by atoms with Crippen LogP contribution in [0.25, 0.3) is 0 Å². The van der Waals surface area contributed by atoms with Gasteiger partial charge in [0.2, 0.25) is 5.91 Å². The maximum Gasteiger partial charge on any atom is 0.221 e. The Morgan fingerprint density at radius 3 is 2.33 bits per heavy atom. The molecule has 0 aliphatic carbocycles. The van der Waals surface area contributed by atoms with Crippen LogP contribution in [-0.4, -0.2) is 10.9 Å². The lowest BCUT2D eigenvalue weighted by Gasteiger charge is -2.22. The average molecular weight is 282 g/mol. The number of benzene rings is 1. The maximum atomic E-state index is 12.3. The Kier molecular flexibility index (Phi) is 4.73. The molecule has 21 heavy (non-hydrogen) atoms. The molecule has 0 aliphatic rings. The van der Waals surface area contributed by atoms with Gasteiger partial charge in [-0.25, -0.2) is 0 Å². The summed E-state index contributed by atoms with van der Waals surface area (Å²) in [4.78, 5) is 16.7. The Bertz CT molecular complexity index is 534. The van der Waals surface area contributed by atoms with Crippen molar-refractivity contribution in [2.24, 2.45) is 5.41 Å². The highest BCUT2D eigenvalue weighted by molar-refractivity contribution is 5.77. The van der Waals surface area contributed by atoms with Crippen LogP contribution in [0.2, 0.25) is 0 Å². The van der Waals surface area contributed by atoms with E-state index in [4.69, 9.17) is 0 Å². The maximum absolute atomic E-state index is 12.3. The summed E-state index contributed by atoms with van der Waals surface area (Å²) in [5, 5.41) is 3.10. The molecule has 3 heteroatoms. The predicted octanol–water partition coefficient (Wildman–Crippen LogP) is 3.72. The lowest BCUT2D eigenvalue weighted by atomic mass is 9.91. The van der Waals surface area contributed by atoms with Gasteiger partial charge < -0.3 is 5.32 Å². The second-order valence-corrected chi connectivity index (χ2v) is 6.40. The van der Waals surface area contributed by atoms with Crippen LogP contribution in [0.15, 0.2) is 54.7 Å². The molecule has 1 aromatic heterocycles. The normalized spacial score (nSPS) is 12.7. The molecule has 0 radical (unpaired) electrons. The molecule has 0 fully saturated rings. The van der Waals surface area contributed by atoms with E-state index in [9.17, 15) is 4.79 Å². The largest absolute Gasteiger partial charge is 0.344 e. The van der Waals surface area contributed by atoms with Crippen molar-refractivity contribution < 1.29 is 4.79 Å². The van der Waals surface area contributed by atoms with Gasteiger partial charge in [0.25, 0.3) is 0 Å². The molecule has 0 spiro atoms. The van der Waals surface area contributed by atoms with Gasteiger partial charge in [-0.15, -0.1) is 0 Å². The number of amides is 1. The summed E-state index contributed by atoms with van der Waals surface area (Å²) < 4.78 is 0. The first kappa shape index (κ1) is 15.2. The van der Waals surface area contributed by atoms with Crippen molar-refractivity contribution in [2.75, 3.05) is 0 Å². The zero-order valence-corrected chi connectivity index (χ0v) is 12.8. The van der Waals surface area contributed by atoms with Crippen LogP contribution >= 0.6 is 0 Å². The number of carbonyl (C=O) groups excluding carboxylic acids is 1. The summed E-state index contributed by atoms with van der Waals surface area (Å²) in [7, 11) is 0. The van der Waals surface area contributed by atoms with E-state index in [2.05, 4.69) is 31.1 Å². The fraction of sp³-hybridized carbons (Fsp3) is 0.333. The van der Waals surface area contributed by atoms with Crippen molar-refractivity contribution in [1.29, 1.82) is 0 Å². The lowest BCUT2D eigenvalue weighted by Crippen LogP contribution is -2.32. The standard InChI is InChI=1S/C18H22N2O/c1-18(2,3)13-16(21)20-17(14-9-5-4-6-10-14)15-11-7-8-12-19-15/h4-12,17H,13H2,1-3H3,(H,20,21). The monoisotopic (exact) mass is 282 g/mol. The fourth-order valence-corrected chi connectivity index (χ4v) is 2.21. The molecule has 1 atom stereocenters. The quantitative estimate of drug-likeness (QED) is 0.928. The van der Waals surface area contributed by atoms with Gasteiger partial charge in [0.1, 0.15) is 0 Å². The number of hydrogen-bond acceptors (Lipinski definition) is 2. The molecule has 0 saturated heterocycles. The van der Waals surface area contributed by atoms with E-state index >= 15 is 0 Å². The van der Waals surface area contributed by atoms with E-state index < -0.39 is 0 Å². The predicted molar refractivity (Wildman–Crippen MR) is 84.7 cm³/mol. The zero-order chi connectivity index (χ0) is 15.3. The number of nitrogens with one attached hydrogen (secondary N) is 1. The molecule has 2 rings (SSSR count). The topological polar surface area (TPSA) is 42.0 Å². The van der Waals surface area contributed by atoms with Crippen LogP contribution in [0.5, 0.6) is 0 Å². The number of pyridine rings is 1. The third-order valence-corrected chi connectivity index (χ3v) is 3.11. The fourth-order valence-electron chi connectivity index (χ4n) is 2.21. The van der Waals surface area contributed by atoms with Crippen LogP contribution in [0.4, 0.5) is 0 Å². The summed E-state index contributed by atoms with van der Waals surface area (Å²) in [6.45, 7) is 6.18. The van der Waals surface area contributed by atoms with Gasteiger partial charge in [0, 0.05) is 12.6 Å². The third kappa shape index (κ3) is 4.71. The molecular weight excluding hydrogens is 260 g/mol. The van der Waals surface area contributed by atoms with Gasteiger partial charge in [0.15, 0.2) is 0 Å². The number of rotatable bonds is 4. The first-order valence-electron chi connectivity index (χ1n) is 7.21. The second kappa shape index (κ2) is 6.53. The van der Waals surface area contributed by atoms with Crippen molar-refractivity contribution in [1.82, 2.24) is 10.3 Å². The smallest absolute Gasteiger partial charge is 0.221 e. The molecule has 2 aromatic rings. The molecule has 1 unspecified atom stereocenters. The molecule has 1 amide bonds. The summed E-state index contributed by atoms with van der Waals surface area (Å²) in [5.74, 6) is 0.0435. The van der Waals surface area contributed by atoms with E-state index in [0.717, 1.165) is 11.3 Å². The Balaban J connectivity index is 2.24. The van der Waals surface area contributed by atoms with Gasteiger partial charge >= 0.3 is 0 Å². The van der Waals surface area contributed by atoms with Crippen LogP contribution in [-0.2, 0) is 4.79 Å². The SMILES string of the molecule is CC(C)(C)CC(=O)NC(c1ccccc1)c1ccccn1. The van der Waals surface area contributed by atoms with Crippen molar-refractivity contribution in [3.63, 3.8) is 0 Å². The molecule has 3 nitrogen and oxygen atoms in total. The van der Waals surface area contributed by atoms with E-state index in [1.165, 1.54) is 0 Å². The van der Waals surface area contributed by atoms with Crippen molar-refractivity contribution in [3.8, 4) is 0 Å². The first-order valence-corrected chi connectivity index (χ1v) is 7.21. The molecular formula is C18H22N2O. The Labute approximate surface area is 126 Å². The Morgan fingerprint density at radius 2 is 1.76 bits per heavy atom. The Morgan fingerprint density at radius 1 is 1.10 bits per heavy atom. The van der Waals surface area contributed by atoms with Gasteiger partial charge in [0.05, 0.1) is 11.7 Å². The number of hydrogen-bond donors (Lipinski definition) is 1. The third-order valence-electron chi connectivity index (χ3n) is 3.11. The van der Waals surface area contributed by atoms with Gasteiger partial charge in [-0.3, -0.25) is 9.78 Å². The molecule has 110 valence electrons.